The Balaban J connectivity index is 2.12. The van der Waals surface area contributed by atoms with Crippen LogP contribution in [0, 0.1) is 0 Å². The number of nitrogens with two attached hydrogens (primary N) is 1. The van der Waals surface area contributed by atoms with Gasteiger partial charge in [0.1, 0.15) is 0 Å². The van der Waals surface area contributed by atoms with Gasteiger partial charge in [-0.15, -0.1) is 0 Å². The fraction of sp³-hybridized carbons (Fsp3) is 0.364. The summed E-state index contributed by atoms with van der Waals surface area (Å²) in [6.07, 6.45) is 1.17. The monoisotopic (exact) mass is 206 g/mol. The normalized spacial score (nSPS) is 22.6. The van der Waals surface area contributed by atoms with Crippen molar-refractivity contribution in [3.63, 3.8) is 0 Å². The number of benzene rings is 1. The number of amidine groups is 1. The third-order valence-electron chi connectivity index (χ3n) is 2.45. The lowest BCUT2D eigenvalue weighted by atomic mass is 9.97. The van der Waals surface area contributed by atoms with Gasteiger partial charge in [0.05, 0.1) is 0 Å². The fourth-order valence-electron chi connectivity index (χ4n) is 1.64. The molecule has 2 rings (SSSR count). The Morgan fingerprint density at radius 3 is 2.86 bits per heavy atom. The molecule has 1 unspecified atom stereocenters. The summed E-state index contributed by atoms with van der Waals surface area (Å²) in [5.74, 6) is 1.62. The smallest absolute Gasteiger partial charge is 0.153 e. The van der Waals surface area contributed by atoms with Crippen LogP contribution in [0.5, 0.6) is 0 Å². The first-order chi connectivity index (χ1) is 6.86. The van der Waals surface area contributed by atoms with E-state index in [2.05, 4.69) is 29.3 Å². The van der Waals surface area contributed by atoms with E-state index < -0.39 is 0 Å². The topological polar surface area (TPSA) is 38.4 Å². The van der Waals surface area contributed by atoms with Crippen LogP contribution in [0.1, 0.15) is 17.9 Å². The van der Waals surface area contributed by atoms with Gasteiger partial charge in [0.15, 0.2) is 5.17 Å². The molecule has 1 aromatic carbocycles. The molecule has 0 radical (unpaired) electrons. The van der Waals surface area contributed by atoms with E-state index in [1.807, 2.05) is 6.07 Å². The fourth-order valence-corrected chi connectivity index (χ4v) is 2.42. The minimum absolute atomic E-state index is 0.546. The van der Waals surface area contributed by atoms with Gasteiger partial charge in [-0.1, -0.05) is 42.1 Å². The zero-order chi connectivity index (χ0) is 9.80. The van der Waals surface area contributed by atoms with Crippen molar-refractivity contribution in [2.75, 3.05) is 12.3 Å². The average Bonchev–Trinajstić information content (AvgIpc) is 2.44. The van der Waals surface area contributed by atoms with Gasteiger partial charge >= 0.3 is 0 Å². The number of thioether (sulfide) groups is 1. The van der Waals surface area contributed by atoms with Crippen LogP contribution in [-0.2, 0) is 0 Å². The molecule has 74 valence electrons. The largest absolute Gasteiger partial charge is 0.379 e. The Kier molecular flexibility index (Phi) is 3.09. The molecule has 0 saturated carbocycles. The molecule has 1 aliphatic rings. The molecular weight excluding hydrogens is 192 g/mol. The van der Waals surface area contributed by atoms with E-state index in [-0.39, 0.29) is 0 Å². The maximum absolute atomic E-state index is 5.69. The molecule has 2 N–H and O–H groups in total. The molecule has 0 bridgehead atoms. The van der Waals surface area contributed by atoms with Crippen LogP contribution in [0.2, 0.25) is 0 Å². The summed E-state index contributed by atoms with van der Waals surface area (Å²) in [5, 5.41) is 0.739. The molecule has 14 heavy (non-hydrogen) atoms. The molecule has 0 spiro atoms. The quantitative estimate of drug-likeness (QED) is 0.765. The van der Waals surface area contributed by atoms with E-state index in [4.69, 9.17) is 5.73 Å². The molecule has 1 atom stereocenters. The number of hydrogen-bond acceptors (Lipinski definition) is 3. The van der Waals surface area contributed by atoms with Crippen LogP contribution in [-0.4, -0.2) is 17.5 Å². The van der Waals surface area contributed by atoms with Crippen molar-refractivity contribution in [1.29, 1.82) is 0 Å². The highest BCUT2D eigenvalue weighted by atomic mass is 32.2. The van der Waals surface area contributed by atoms with Crippen molar-refractivity contribution in [2.45, 2.75) is 12.3 Å². The van der Waals surface area contributed by atoms with Gasteiger partial charge in [-0.25, -0.2) is 0 Å². The van der Waals surface area contributed by atoms with Crippen LogP contribution in [0.4, 0.5) is 0 Å². The average molecular weight is 206 g/mol. The second-order valence-electron chi connectivity index (χ2n) is 3.42. The molecule has 0 amide bonds. The van der Waals surface area contributed by atoms with Gasteiger partial charge < -0.3 is 5.73 Å². The molecule has 1 aromatic rings. The van der Waals surface area contributed by atoms with Crippen molar-refractivity contribution in [1.82, 2.24) is 0 Å². The first kappa shape index (κ1) is 9.59. The van der Waals surface area contributed by atoms with Crippen LogP contribution >= 0.6 is 11.8 Å². The molecule has 0 fully saturated rings. The molecule has 1 aliphatic heterocycles. The Morgan fingerprint density at radius 1 is 1.29 bits per heavy atom. The maximum Gasteiger partial charge on any atom is 0.153 e. The standard InChI is InChI=1S/C11H14N2S/c12-11-13-8-10(6-7-14-11)9-4-2-1-3-5-9/h1-5,10H,6-8H2,(H2,12,13). The molecule has 2 nitrogen and oxygen atoms in total. The van der Waals surface area contributed by atoms with E-state index in [9.17, 15) is 0 Å². The molecule has 0 saturated heterocycles. The third-order valence-corrected chi connectivity index (χ3v) is 3.32. The van der Waals surface area contributed by atoms with Crippen LogP contribution in [0.25, 0.3) is 0 Å². The Morgan fingerprint density at radius 2 is 2.07 bits per heavy atom. The zero-order valence-electron chi connectivity index (χ0n) is 8.02. The first-order valence-electron chi connectivity index (χ1n) is 4.84. The maximum atomic E-state index is 5.69. The van der Waals surface area contributed by atoms with Crippen molar-refractivity contribution >= 4 is 16.9 Å². The highest BCUT2D eigenvalue weighted by molar-refractivity contribution is 8.13. The number of nitrogens with zero attached hydrogens (tertiary/aromatic N) is 1. The van der Waals surface area contributed by atoms with Gasteiger partial charge in [0.25, 0.3) is 0 Å². The highest BCUT2D eigenvalue weighted by Gasteiger charge is 2.14. The van der Waals surface area contributed by atoms with E-state index in [1.54, 1.807) is 11.8 Å². The van der Waals surface area contributed by atoms with Crippen LogP contribution < -0.4 is 5.73 Å². The second kappa shape index (κ2) is 4.51. The van der Waals surface area contributed by atoms with Crippen LogP contribution in [0.3, 0.4) is 0 Å². The van der Waals surface area contributed by atoms with Gasteiger partial charge in [0.2, 0.25) is 0 Å². The predicted octanol–water partition coefficient (Wildman–Crippen LogP) is 2.22. The molecule has 0 aliphatic carbocycles. The summed E-state index contributed by atoms with van der Waals surface area (Å²) in [6.45, 7) is 0.836. The summed E-state index contributed by atoms with van der Waals surface area (Å²) in [7, 11) is 0. The van der Waals surface area contributed by atoms with Gasteiger partial charge in [0, 0.05) is 18.2 Å². The lowest BCUT2D eigenvalue weighted by Crippen LogP contribution is -2.06. The van der Waals surface area contributed by atoms with Crippen molar-refractivity contribution in [3.05, 3.63) is 35.9 Å². The number of aliphatic imine (C=N–C) groups is 1. The molecule has 3 heteroatoms. The first-order valence-corrected chi connectivity index (χ1v) is 5.82. The van der Waals surface area contributed by atoms with Crippen LogP contribution in [0.15, 0.2) is 35.3 Å². The molecule has 0 aromatic heterocycles. The lowest BCUT2D eigenvalue weighted by molar-refractivity contribution is 0.686. The highest BCUT2D eigenvalue weighted by Crippen LogP contribution is 2.24. The third kappa shape index (κ3) is 2.29. The van der Waals surface area contributed by atoms with Gasteiger partial charge in [-0.3, -0.25) is 4.99 Å². The lowest BCUT2D eigenvalue weighted by Gasteiger charge is -2.11. The second-order valence-corrected chi connectivity index (χ2v) is 4.54. The zero-order valence-corrected chi connectivity index (χ0v) is 8.83. The minimum Gasteiger partial charge on any atom is -0.379 e. The van der Waals surface area contributed by atoms with Gasteiger partial charge in [-0.05, 0) is 12.0 Å². The predicted molar refractivity (Wildman–Crippen MR) is 62.7 cm³/mol. The Hall–Kier alpha value is -0.960. The molecular formula is C11H14N2S. The SMILES string of the molecule is NC1=NCC(c2ccccc2)CCS1. The van der Waals surface area contributed by atoms with Crippen molar-refractivity contribution < 1.29 is 0 Å². The van der Waals surface area contributed by atoms with E-state index in [1.165, 1.54) is 12.0 Å². The van der Waals surface area contributed by atoms with E-state index in [0.29, 0.717) is 5.92 Å². The number of hydrogen-bond donors (Lipinski definition) is 1. The summed E-state index contributed by atoms with van der Waals surface area (Å²) in [5.41, 5.74) is 7.07. The van der Waals surface area contributed by atoms with E-state index >= 15 is 0 Å². The number of rotatable bonds is 1. The minimum atomic E-state index is 0.546. The Bertz CT molecular complexity index is 321. The summed E-state index contributed by atoms with van der Waals surface area (Å²) in [6, 6.07) is 10.6. The summed E-state index contributed by atoms with van der Waals surface area (Å²) < 4.78 is 0. The molecule has 1 heterocycles. The van der Waals surface area contributed by atoms with Crippen molar-refractivity contribution in [2.24, 2.45) is 10.7 Å². The summed E-state index contributed by atoms with van der Waals surface area (Å²) in [4.78, 5) is 4.34. The summed E-state index contributed by atoms with van der Waals surface area (Å²) >= 11 is 1.67. The van der Waals surface area contributed by atoms with Gasteiger partial charge in [-0.2, -0.15) is 0 Å². The Labute approximate surface area is 88.6 Å². The van der Waals surface area contributed by atoms with Crippen molar-refractivity contribution in [3.8, 4) is 0 Å². The van der Waals surface area contributed by atoms with E-state index in [0.717, 1.165) is 17.5 Å².